The standard InChI is InChI=1S/C13H19NO5/c1-8(2)12(16)18-6-10(5-11(14)15)7-19-13(17)9(3)4/h10H,1,3,5-7H2,2,4H3,(H2,14,15). The van der Waals surface area contributed by atoms with E-state index in [4.69, 9.17) is 15.2 Å². The van der Waals surface area contributed by atoms with Gasteiger partial charge >= 0.3 is 11.9 Å². The normalized spacial score (nSPS) is 9.84. The zero-order valence-electron chi connectivity index (χ0n) is 11.2. The fourth-order valence-corrected chi connectivity index (χ4v) is 1.08. The first kappa shape index (κ1) is 16.9. The molecule has 0 fully saturated rings. The highest BCUT2D eigenvalue weighted by atomic mass is 16.5. The molecule has 0 aromatic heterocycles. The smallest absolute Gasteiger partial charge is 0.333 e. The molecule has 0 saturated carbocycles. The highest BCUT2D eigenvalue weighted by Crippen LogP contribution is 2.07. The minimum Gasteiger partial charge on any atom is -0.462 e. The zero-order valence-corrected chi connectivity index (χ0v) is 11.2. The molecule has 0 saturated heterocycles. The van der Waals surface area contributed by atoms with Gasteiger partial charge in [0.15, 0.2) is 0 Å². The van der Waals surface area contributed by atoms with E-state index >= 15 is 0 Å². The molecule has 0 spiro atoms. The summed E-state index contributed by atoms with van der Waals surface area (Å²) in [6.07, 6.45) is -0.0487. The number of carbonyl (C=O) groups is 3. The first-order chi connectivity index (χ1) is 8.73. The van der Waals surface area contributed by atoms with Gasteiger partial charge < -0.3 is 15.2 Å². The molecule has 0 radical (unpaired) electrons. The fraction of sp³-hybridized carbons (Fsp3) is 0.462. The molecule has 0 aromatic carbocycles. The number of nitrogens with two attached hydrogens (primary N) is 1. The second kappa shape index (κ2) is 8.07. The minimum absolute atomic E-state index is 0.0487. The van der Waals surface area contributed by atoms with E-state index in [1.165, 1.54) is 13.8 Å². The molecule has 0 aliphatic carbocycles. The molecule has 0 aliphatic heterocycles. The van der Waals surface area contributed by atoms with Crippen molar-refractivity contribution in [3.05, 3.63) is 24.3 Å². The molecule has 0 unspecified atom stereocenters. The predicted octanol–water partition coefficient (Wildman–Crippen LogP) is 0.717. The largest absolute Gasteiger partial charge is 0.462 e. The highest BCUT2D eigenvalue weighted by Gasteiger charge is 2.17. The third-order valence-corrected chi connectivity index (χ3v) is 2.09. The molecular formula is C13H19NO5. The third kappa shape index (κ3) is 7.75. The van der Waals surface area contributed by atoms with Crippen molar-refractivity contribution in [2.75, 3.05) is 13.2 Å². The molecule has 0 bridgehead atoms. The van der Waals surface area contributed by atoms with Crippen molar-refractivity contribution in [1.82, 2.24) is 0 Å². The number of carbonyl (C=O) groups excluding carboxylic acids is 3. The Bertz CT molecular complexity index is 370. The number of rotatable bonds is 8. The van der Waals surface area contributed by atoms with Gasteiger partial charge in [0.05, 0.1) is 13.2 Å². The van der Waals surface area contributed by atoms with Crippen LogP contribution in [0.15, 0.2) is 24.3 Å². The van der Waals surface area contributed by atoms with Crippen LogP contribution in [0.5, 0.6) is 0 Å². The zero-order chi connectivity index (χ0) is 15.0. The number of amides is 1. The lowest BCUT2D eigenvalue weighted by Gasteiger charge is -2.15. The Labute approximate surface area is 112 Å². The van der Waals surface area contributed by atoms with Crippen molar-refractivity contribution >= 4 is 17.8 Å². The van der Waals surface area contributed by atoms with Gasteiger partial charge in [-0.25, -0.2) is 9.59 Å². The molecule has 0 heterocycles. The third-order valence-electron chi connectivity index (χ3n) is 2.09. The van der Waals surface area contributed by atoms with E-state index < -0.39 is 23.8 Å². The Kier molecular flexibility index (Phi) is 7.18. The summed E-state index contributed by atoms with van der Waals surface area (Å²) < 4.78 is 9.80. The number of primary amides is 1. The van der Waals surface area contributed by atoms with Crippen LogP contribution in [0.25, 0.3) is 0 Å². The molecule has 1 amide bonds. The van der Waals surface area contributed by atoms with Crippen molar-refractivity contribution in [3.63, 3.8) is 0 Å². The predicted molar refractivity (Wildman–Crippen MR) is 68.8 cm³/mol. The van der Waals surface area contributed by atoms with Gasteiger partial charge in [0.1, 0.15) is 0 Å². The topological polar surface area (TPSA) is 95.7 Å². The fourth-order valence-electron chi connectivity index (χ4n) is 1.08. The van der Waals surface area contributed by atoms with E-state index in [1.54, 1.807) is 0 Å². The van der Waals surface area contributed by atoms with Gasteiger partial charge in [0, 0.05) is 23.5 Å². The molecule has 2 N–H and O–H groups in total. The van der Waals surface area contributed by atoms with E-state index in [2.05, 4.69) is 13.2 Å². The molecule has 0 aromatic rings. The van der Waals surface area contributed by atoms with Crippen LogP contribution in [-0.2, 0) is 23.9 Å². The summed E-state index contributed by atoms with van der Waals surface area (Å²) in [5.41, 5.74) is 5.56. The summed E-state index contributed by atoms with van der Waals surface area (Å²) in [4.78, 5) is 33.3. The van der Waals surface area contributed by atoms with Crippen molar-refractivity contribution in [2.45, 2.75) is 20.3 Å². The summed E-state index contributed by atoms with van der Waals surface area (Å²) >= 11 is 0. The Morgan fingerprint density at radius 2 is 1.37 bits per heavy atom. The van der Waals surface area contributed by atoms with Gasteiger partial charge in [0.2, 0.25) is 5.91 Å². The molecule has 6 heteroatoms. The Morgan fingerprint density at radius 1 is 1.00 bits per heavy atom. The lowest BCUT2D eigenvalue weighted by atomic mass is 10.1. The van der Waals surface area contributed by atoms with Gasteiger partial charge in [-0.05, 0) is 13.8 Å². The maximum atomic E-state index is 11.2. The van der Waals surface area contributed by atoms with E-state index in [0.29, 0.717) is 0 Å². The quantitative estimate of drug-likeness (QED) is 0.517. The number of hydrogen-bond donors (Lipinski definition) is 1. The van der Waals surface area contributed by atoms with E-state index in [-0.39, 0.29) is 30.8 Å². The van der Waals surface area contributed by atoms with E-state index in [0.717, 1.165) is 0 Å². The number of esters is 2. The van der Waals surface area contributed by atoms with Gasteiger partial charge in [-0.15, -0.1) is 0 Å². The SMILES string of the molecule is C=C(C)C(=O)OCC(COC(=O)C(=C)C)CC(N)=O. The summed E-state index contributed by atoms with van der Waals surface area (Å²) in [7, 11) is 0. The van der Waals surface area contributed by atoms with Gasteiger partial charge in [-0.3, -0.25) is 4.79 Å². The van der Waals surface area contributed by atoms with Crippen LogP contribution in [0.4, 0.5) is 0 Å². The number of ether oxygens (including phenoxy) is 2. The van der Waals surface area contributed by atoms with Crippen molar-refractivity contribution in [2.24, 2.45) is 11.7 Å². The summed E-state index contributed by atoms with van der Waals surface area (Å²) in [5, 5.41) is 0. The lowest BCUT2D eigenvalue weighted by Crippen LogP contribution is -2.26. The molecule has 19 heavy (non-hydrogen) atoms. The van der Waals surface area contributed by atoms with Crippen LogP contribution < -0.4 is 5.73 Å². The van der Waals surface area contributed by atoms with Crippen molar-refractivity contribution in [1.29, 1.82) is 0 Å². The Morgan fingerprint density at radius 3 is 1.63 bits per heavy atom. The first-order valence-corrected chi connectivity index (χ1v) is 5.67. The molecule has 0 rings (SSSR count). The molecule has 0 aliphatic rings. The van der Waals surface area contributed by atoms with Crippen LogP contribution in [0.1, 0.15) is 20.3 Å². The number of hydrogen-bond acceptors (Lipinski definition) is 5. The molecule has 106 valence electrons. The van der Waals surface area contributed by atoms with Crippen LogP contribution in [0, 0.1) is 5.92 Å². The maximum absolute atomic E-state index is 11.2. The average Bonchev–Trinajstić information content (AvgIpc) is 2.30. The van der Waals surface area contributed by atoms with Crippen LogP contribution in [-0.4, -0.2) is 31.1 Å². The van der Waals surface area contributed by atoms with Crippen LogP contribution >= 0.6 is 0 Å². The van der Waals surface area contributed by atoms with Gasteiger partial charge in [-0.1, -0.05) is 13.2 Å². The van der Waals surface area contributed by atoms with Crippen molar-refractivity contribution in [3.8, 4) is 0 Å². The van der Waals surface area contributed by atoms with Crippen LogP contribution in [0.3, 0.4) is 0 Å². The Balaban J connectivity index is 4.34. The van der Waals surface area contributed by atoms with Gasteiger partial charge in [0.25, 0.3) is 0 Å². The monoisotopic (exact) mass is 269 g/mol. The minimum atomic E-state index is -0.569. The Hall–Kier alpha value is -2.11. The van der Waals surface area contributed by atoms with Crippen LogP contribution in [0.2, 0.25) is 0 Å². The highest BCUT2D eigenvalue weighted by molar-refractivity contribution is 5.87. The summed E-state index contributed by atoms with van der Waals surface area (Å²) in [6.45, 7) is 9.73. The van der Waals surface area contributed by atoms with Crippen molar-refractivity contribution < 1.29 is 23.9 Å². The lowest BCUT2D eigenvalue weighted by molar-refractivity contribution is -0.145. The first-order valence-electron chi connectivity index (χ1n) is 5.67. The average molecular weight is 269 g/mol. The van der Waals surface area contributed by atoms with E-state index in [9.17, 15) is 14.4 Å². The second-order valence-corrected chi connectivity index (χ2v) is 4.29. The summed E-state index contributed by atoms with van der Waals surface area (Å²) in [5.74, 6) is -2.19. The second-order valence-electron chi connectivity index (χ2n) is 4.29. The van der Waals surface area contributed by atoms with Gasteiger partial charge in [-0.2, -0.15) is 0 Å². The molecule has 0 atom stereocenters. The maximum Gasteiger partial charge on any atom is 0.333 e. The molecular weight excluding hydrogens is 250 g/mol. The van der Waals surface area contributed by atoms with E-state index in [1.807, 2.05) is 0 Å². The summed E-state index contributed by atoms with van der Waals surface area (Å²) in [6, 6.07) is 0. The molecule has 6 nitrogen and oxygen atoms in total.